The van der Waals surface area contributed by atoms with Gasteiger partial charge < -0.3 is 9.84 Å². The summed E-state index contributed by atoms with van der Waals surface area (Å²) in [5.74, 6) is -0.214. The van der Waals surface area contributed by atoms with E-state index in [0.29, 0.717) is 5.56 Å². The van der Waals surface area contributed by atoms with Crippen molar-refractivity contribution in [3.05, 3.63) is 65.8 Å². The number of rotatable bonds is 2. The Hall–Kier alpha value is -2.29. The van der Waals surface area contributed by atoms with E-state index >= 15 is 0 Å². The third kappa shape index (κ3) is 6.26. The predicted octanol–water partition coefficient (Wildman–Crippen LogP) is 5.58. The maximum absolute atomic E-state index is 12.5. The van der Waals surface area contributed by atoms with Crippen LogP contribution in [0, 0.1) is 5.41 Å². The maximum Gasteiger partial charge on any atom is 0.338 e. The van der Waals surface area contributed by atoms with E-state index in [-0.39, 0.29) is 23.2 Å². The van der Waals surface area contributed by atoms with Crippen molar-refractivity contribution < 1.29 is 14.6 Å². The van der Waals surface area contributed by atoms with Crippen LogP contribution in [0.5, 0.6) is 5.75 Å². The monoisotopic (exact) mass is 340 g/mol. The highest BCUT2D eigenvalue weighted by atomic mass is 16.5. The zero-order chi connectivity index (χ0) is 18.4. The molecule has 1 aliphatic carbocycles. The molecule has 3 heteroatoms. The summed E-state index contributed by atoms with van der Waals surface area (Å²) < 4.78 is 5.81. The van der Waals surface area contributed by atoms with E-state index in [2.05, 4.69) is 45.6 Å². The van der Waals surface area contributed by atoms with Crippen LogP contribution in [0.1, 0.15) is 56.8 Å². The average molecular weight is 340 g/mol. The van der Waals surface area contributed by atoms with E-state index in [9.17, 15) is 9.90 Å². The van der Waals surface area contributed by atoms with Crippen molar-refractivity contribution in [1.29, 1.82) is 0 Å². The fourth-order valence-corrected chi connectivity index (χ4v) is 3.00. The highest BCUT2D eigenvalue weighted by Gasteiger charge is 2.25. The van der Waals surface area contributed by atoms with Crippen LogP contribution in [-0.2, 0) is 4.74 Å². The number of phenolic OH excluding ortho intramolecular Hbond substituents is 1. The van der Waals surface area contributed by atoms with Crippen molar-refractivity contribution in [2.75, 3.05) is 0 Å². The van der Waals surface area contributed by atoms with Gasteiger partial charge in [-0.15, -0.1) is 0 Å². The van der Waals surface area contributed by atoms with Crippen molar-refractivity contribution in [2.24, 2.45) is 5.41 Å². The number of aromatic hydroxyl groups is 1. The molecule has 0 aromatic heterocycles. The molecule has 0 heterocycles. The lowest BCUT2D eigenvalue weighted by Gasteiger charge is -2.27. The lowest BCUT2D eigenvalue weighted by atomic mass is 9.84. The fraction of sp³-hybridized carbons (Fsp3) is 0.409. The minimum absolute atomic E-state index is 0.0898. The van der Waals surface area contributed by atoms with Gasteiger partial charge in [0.25, 0.3) is 0 Å². The SMILES string of the molecule is C=C1/C=C/C(C)(C)C[C@H](OC(=O)c2ccc(O)cc2)C/C(C)=C/CC1. The lowest BCUT2D eigenvalue weighted by Crippen LogP contribution is -2.25. The zero-order valence-electron chi connectivity index (χ0n) is 15.4. The fourth-order valence-electron chi connectivity index (χ4n) is 3.00. The predicted molar refractivity (Wildman–Crippen MR) is 102 cm³/mol. The second-order valence-corrected chi connectivity index (χ2v) is 7.55. The molecule has 0 saturated carbocycles. The molecule has 0 saturated heterocycles. The van der Waals surface area contributed by atoms with Gasteiger partial charge in [0.1, 0.15) is 11.9 Å². The molecule has 3 nitrogen and oxygen atoms in total. The van der Waals surface area contributed by atoms with Gasteiger partial charge >= 0.3 is 5.97 Å². The number of carbonyl (C=O) groups excluding carboxylic acids is 1. The molecule has 0 amide bonds. The second kappa shape index (κ2) is 8.19. The first-order valence-corrected chi connectivity index (χ1v) is 8.78. The van der Waals surface area contributed by atoms with Crippen LogP contribution in [0.15, 0.2) is 60.2 Å². The van der Waals surface area contributed by atoms with E-state index < -0.39 is 0 Å². The standard InChI is InChI=1S/C22H28O3/c1-16-6-5-7-17(2)14-20(15-22(3,4)13-12-16)25-21(24)18-8-10-19(23)11-9-18/h7-13,20,23H,1,5-6,14-15H2,2-4H3/b13-12+,17-7+/t20-/m1/s1. The molecular formula is C22H28O3. The van der Waals surface area contributed by atoms with Crippen LogP contribution >= 0.6 is 0 Å². The zero-order valence-corrected chi connectivity index (χ0v) is 15.4. The number of allylic oxidation sites excluding steroid dienone is 4. The first-order valence-electron chi connectivity index (χ1n) is 8.78. The van der Waals surface area contributed by atoms with Crippen molar-refractivity contribution in [2.45, 2.75) is 52.6 Å². The molecule has 0 radical (unpaired) electrons. The van der Waals surface area contributed by atoms with Crippen molar-refractivity contribution in [3.63, 3.8) is 0 Å². The Bertz CT molecular complexity index is 678. The molecule has 2 rings (SSSR count). The van der Waals surface area contributed by atoms with Gasteiger partial charge in [0.15, 0.2) is 0 Å². The Morgan fingerprint density at radius 3 is 2.64 bits per heavy atom. The molecular weight excluding hydrogens is 312 g/mol. The van der Waals surface area contributed by atoms with Crippen molar-refractivity contribution in [1.82, 2.24) is 0 Å². The number of hydrogen-bond acceptors (Lipinski definition) is 3. The number of esters is 1. The Balaban J connectivity index is 2.18. The average Bonchev–Trinajstić information content (AvgIpc) is 2.54. The molecule has 0 bridgehead atoms. The third-order valence-corrected chi connectivity index (χ3v) is 4.41. The van der Waals surface area contributed by atoms with Gasteiger partial charge in [-0.3, -0.25) is 0 Å². The quantitative estimate of drug-likeness (QED) is 0.565. The van der Waals surface area contributed by atoms with E-state index in [1.54, 1.807) is 12.1 Å². The van der Waals surface area contributed by atoms with Crippen molar-refractivity contribution in [3.8, 4) is 5.75 Å². The van der Waals surface area contributed by atoms with E-state index in [1.165, 1.54) is 17.7 Å². The van der Waals surface area contributed by atoms with E-state index in [4.69, 9.17) is 4.74 Å². The number of ether oxygens (including phenoxy) is 1. The van der Waals surface area contributed by atoms with Gasteiger partial charge in [0, 0.05) is 6.42 Å². The van der Waals surface area contributed by atoms with Gasteiger partial charge in [0.05, 0.1) is 5.56 Å². The molecule has 1 aromatic rings. The van der Waals surface area contributed by atoms with E-state index in [1.807, 2.05) is 0 Å². The summed E-state index contributed by atoms with van der Waals surface area (Å²) in [7, 11) is 0. The summed E-state index contributed by atoms with van der Waals surface area (Å²) in [4.78, 5) is 12.5. The minimum Gasteiger partial charge on any atom is -0.508 e. The molecule has 1 aromatic carbocycles. The van der Waals surface area contributed by atoms with Crippen LogP contribution in [0.3, 0.4) is 0 Å². The summed E-state index contributed by atoms with van der Waals surface area (Å²) in [5.41, 5.74) is 2.72. The highest BCUT2D eigenvalue weighted by Crippen LogP contribution is 2.30. The maximum atomic E-state index is 12.5. The van der Waals surface area contributed by atoms with E-state index in [0.717, 1.165) is 31.3 Å². The summed E-state index contributed by atoms with van der Waals surface area (Å²) >= 11 is 0. The van der Waals surface area contributed by atoms with Gasteiger partial charge in [0.2, 0.25) is 0 Å². The summed E-state index contributed by atoms with van der Waals surface area (Å²) in [6, 6.07) is 6.16. The summed E-state index contributed by atoms with van der Waals surface area (Å²) in [6.45, 7) is 10.5. The van der Waals surface area contributed by atoms with Gasteiger partial charge in [-0.05, 0) is 55.9 Å². The largest absolute Gasteiger partial charge is 0.508 e. The molecule has 0 fully saturated rings. The molecule has 0 aliphatic heterocycles. The summed E-state index contributed by atoms with van der Waals surface area (Å²) in [5, 5.41) is 9.36. The third-order valence-electron chi connectivity index (χ3n) is 4.41. The number of benzene rings is 1. The first-order chi connectivity index (χ1) is 11.7. The van der Waals surface area contributed by atoms with Crippen LogP contribution in [0.2, 0.25) is 0 Å². The molecule has 134 valence electrons. The first kappa shape index (κ1) is 19.0. The Labute approximate surface area is 150 Å². The molecule has 1 atom stereocenters. The minimum atomic E-state index is -0.350. The summed E-state index contributed by atoms with van der Waals surface area (Å²) in [6.07, 6.45) is 9.64. The van der Waals surface area contributed by atoms with Crippen LogP contribution in [0.4, 0.5) is 0 Å². The van der Waals surface area contributed by atoms with Crippen LogP contribution < -0.4 is 0 Å². The Kier molecular flexibility index (Phi) is 6.24. The molecule has 0 unspecified atom stereocenters. The number of hydrogen-bond donors (Lipinski definition) is 1. The topological polar surface area (TPSA) is 46.5 Å². The van der Waals surface area contributed by atoms with Gasteiger partial charge in [-0.1, -0.05) is 49.8 Å². The smallest absolute Gasteiger partial charge is 0.338 e. The Morgan fingerprint density at radius 1 is 1.28 bits per heavy atom. The number of phenols is 1. The molecule has 1 N–H and O–H groups in total. The molecule has 25 heavy (non-hydrogen) atoms. The van der Waals surface area contributed by atoms with Gasteiger partial charge in [-0.2, -0.15) is 0 Å². The normalized spacial score (nSPS) is 24.5. The van der Waals surface area contributed by atoms with Crippen molar-refractivity contribution >= 4 is 5.97 Å². The number of carbonyl (C=O) groups is 1. The van der Waals surface area contributed by atoms with Crippen LogP contribution in [-0.4, -0.2) is 17.2 Å². The molecule has 0 spiro atoms. The van der Waals surface area contributed by atoms with Crippen LogP contribution in [0.25, 0.3) is 0 Å². The van der Waals surface area contributed by atoms with Gasteiger partial charge in [-0.25, -0.2) is 4.79 Å². The Morgan fingerprint density at radius 2 is 1.96 bits per heavy atom. The lowest BCUT2D eigenvalue weighted by molar-refractivity contribution is 0.0222. The highest BCUT2D eigenvalue weighted by molar-refractivity contribution is 5.89. The second-order valence-electron chi connectivity index (χ2n) is 7.55. The molecule has 1 aliphatic rings.